The number of rotatable bonds is 31. The highest BCUT2D eigenvalue weighted by Gasteiger charge is 2.39. The molecule has 4 aliphatic heterocycles. The molecule has 0 bridgehead atoms. The van der Waals surface area contributed by atoms with Gasteiger partial charge in [-0.25, -0.2) is 4.98 Å². The van der Waals surface area contributed by atoms with Crippen LogP contribution in [0.5, 0.6) is 0 Å². The van der Waals surface area contributed by atoms with Gasteiger partial charge < -0.3 is 51.8 Å². The molecule has 5 heterocycles. The van der Waals surface area contributed by atoms with Crippen molar-refractivity contribution in [3.63, 3.8) is 0 Å². The third-order valence-corrected chi connectivity index (χ3v) is 19.2. The Morgan fingerprint density at radius 3 is 2.19 bits per heavy atom. The summed E-state index contributed by atoms with van der Waals surface area (Å²) in [6.45, 7) is 11.2. The smallest absolute Gasteiger partial charge is 0.303 e. The number of nitrogens with two attached hydrogens (primary N) is 1. The lowest BCUT2D eigenvalue weighted by molar-refractivity contribution is -0.149. The molecule has 1 aromatic heterocycles. The van der Waals surface area contributed by atoms with Crippen molar-refractivity contribution in [3.05, 3.63) is 75.7 Å². The van der Waals surface area contributed by atoms with E-state index in [9.17, 15) is 47.9 Å². The lowest BCUT2D eigenvalue weighted by Gasteiger charge is -2.38. The number of hydrogen-bond acceptors (Lipinski definition) is 18. The van der Waals surface area contributed by atoms with Gasteiger partial charge in [-0.1, -0.05) is 82.6 Å². The number of hydrogen-bond donors (Lipinski definition) is 6. The first kappa shape index (κ1) is 67.8. The summed E-state index contributed by atoms with van der Waals surface area (Å²) in [6.07, 6.45) is 8.28. The number of nitrogens with one attached hydrogen (secondary N) is 5. The zero-order valence-corrected chi connectivity index (χ0v) is 52.4. The van der Waals surface area contributed by atoms with Gasteiger partial charge >= 0.3 is 5.97 Å². The summed E-state index contributed by atoms with van der Waals surface area (Å²) in [5, 5.41) is 18.6. The highest BCUT2D eigenvalue weighted by Crippen LogP contribution is 2.32. The van der Waals surface area contributed by atoms with Crippen LogP contribution in [0.2, 0.25) is 0 Å². The van der Waals surface area contributed by atoms with Crippen molar-refractivity contribution < 1.29 is 52.7 Å². The Hall–Kier alpha value is -6.35. The Balaban J connectivity index is 1.15. The molecule has 2 saturated heterocycles. The van der Waals surface area contributed by atoms with Crippen molar-refractivity contribution in [2.75, 3.05) is 65.7 Å². The Morgan fingerprint density at radius 2 is 1.55 bits per heavy atom. The summed E-state index contributed by atoms with van der Waals surface area (Å²) < 4.78 is 5.70. The van der Waals surface area contributed by atoms with Crippen LogP contribution in [0.1, 0.15) is 126 Å². The molecule has 2 fully saturated rings. The van der Waals surface area contributed by atoms with Gasteiger partial charge in [0.2, 0.25) is 35.4 Å². The number of thioether (sulfide) groups is 2. The van der Waals surface area contributed by atoms with E-state index in [0.717, 1.165) is 41.2 Å². The number of piperazine rings is 1. The summed E-state index contributed by atoms with van der Waals surface area (Å²) in [5.41, 5.74) is 6.61. The number of carbonyl (C=O) groups excluding carboxylic acids is 10. The molecular formula is C59H86N12O11S3. The van der Waals surface area contributed by atoms with Crippen molar-refractivity contribution in [2.45, 2.75) is 152 Å². The van der Waals surface area contributed by atoms with Crippen molar-refractivity contribution in [1.29, 1.82) is 0 Å². The molecule has 4 aliphatic rings. The fourth-order valence-electron chi connectivity index (χ4n) is 10.7. The van der Waals surface area contributed by atoms with E-state index in [0.29, 0.717) is 43.7 Å². The van der Waals surface area contributed by atoms with E-state index in [1.807, 2.05) is 75.4 Å². The number of benzene rings is 1. The zero-order chi connectivity index (χ0) is 61.7. The quantitative estimate of drug-likeness (QED) is 0.0359. The number of imide groups is 1. The van der Waals surface area contributed by atoms with E-state index in [1.54, 1.807) is 27.9 Å². The molecule has 23 nitrogen and oxygen atoms in total. The molecule has 0 aliphatic carbocycles. The summed E-state index contributed by atoms with van der Waals surface area (Å²) in [5.74, 6) is -4.65. The number of amides is 9. The standard InChI is InChI=1S/C59H86N12O11S3/c1-8-38(4)51(66-55(79)45-20-13-15-26-67(45)6)58(81)68(7)46(37(2)3)34-47(82-39(5)72)56-65-44(35-84-56)54(78)64-43(36-85-59-61-25-32-83-59)53(77)62-41(19-12-14-24-60)52(76)63-42(33-40-17-10-9-11-18-40)57(80)70-30-28-69(29-31-70)48(73)21-16-27-71-49(74)22-23-50(71)75/h9-11,17-18,22-23,25,32,35,37-38,41-43,45-47,51,59,61H,8,12-16,19-21,24,26-31,33-34,36,60H2,1-7H3,(H,62,77)(H,63,76)(H,64,78)(H,66,79)/t38-,41+,42-,43-,45?,46+,47+,51-,59?/m0/s1. The number of thiazole rings is 1. The van der Waals surface area contributed by atoms with Gasteiger partial charge in [0, 0.05) is 101 Å². The number of esters is 1. The fourth-order valence-corrected chi connectivity index (χ4v) is 13.5. The summed E-state index contributed by atoms with van der Waals surface area (Å²) >= 11 is 3.93. The second-order valence-electron chi connectivity index (χ2n) is 22.4. The van der Waals surface area contributed by atoms with E-state index >= 15 is 0 Å². The predicted molar refractivity (Wildman–Crippen MR) is 327 cm³/mol. The van der Waals surface area contributed by atoms with Gasteiger partial charge in [-0.2, -0.15) is 0 Å². The maximum atomic E-state index is 14.6. The Morgan fingerprint density at radius 1 is 0.871 bits per heavy atom. The van der Waals surface area contributed by atoms with Crippen LogP contribution in [0.25, 0.3) is 0 Å². The predicted octanol–water partition coefficient (Wildman–Crippen LogP) is 3.28. The molecule has 85 heavy (non-hydrogen) atoms. The third-order valence-electron chi connectivity index (χ3n) is 15.9. The van der Waals surface area contributed by atoms with Crippen LogP contribution < -0.4 is 32.3 Å². The van der Waals surface area contributed by atoms with E-state index < -0.39 is 71.8 Å². The van der Waals surface area contributed by atoms with Gasteiger partial charge in [-0.05, 0) is 81.5 Å². The number of unbranched alkanes of at least 4 members (excludes halogenated alkanes) is 1. The number of likely N-dealkylation sites (N-methyl/N-ethyl adjacent to an activating group) is 2. The molecule has 0 spiro atoms. The first-order valence-electron chi connectivity index (χ1n) is 29.5. The number of aromatic nitrogens is 1. The number of likely N-dealkylation sites (tertiary alicyclic amines) is 1. The van der Waals surface area contributed by atoms with Crippen LogP contribution in [-0.2, 0) is 54.3 Å². The van der Waals surface area contributed by atoms with Gasteiger partial charge in [0.25, 0.3) is 17.7 Å². The van der Waals surface area contributed by atoms with Crippen molar-refractivity contribution >= 4 is 94.0 Å². The van der Waals surface area contributed by atoms with Gasteiger partial charge in [0.15, 0.2) is 6.10 Å². The molecular weight excluding hydrogens is 1150 g/mol. The summed E-state index contributed by atoms with van der Waals surface area (Å²) in [7, 11) is 3.61. The molecule has 9 amide bonds. The highest BCUT2D eigenvalue weighted by molar-refractivity contribution is 8.18. The second kappa shape index (κ2) is 33.5. The minimum Gasteiger partial charge on any atom is -0.455 e. The average molecular weight is 1240 g/mol. The van der Waals surface area contributed by atoms with Crippen molar-refractivity contribution in [1.82, 2.24) is 56.1 Å². The molecule has 0 saturated carbocycles. The van der Waals surface area contributed by atoms with E-state index in [1.165, 1.54) is 48.0 Å². The highest BCUT2D eigenvalue weighted by atomic mass is 32.2. The second-order valence-corrected chi connectivity index (χ2v) is 25.7. The maximum Gasteiger partial charge on any atom is 0.303 e. The van der Waals surface area contributed by atoms with Crippen LogP contribution in [-0.4, -0.2) is 195 Å². The molecule has 6 rings (SSSR count). The summed E-state index contributed by atoms with van der Waals surface area (Å²) in [4.78, 5) is 149. The molecule has 7 N–H and O–H groups in total. The largest absolute Gasteiger partial charge is 0.455 e. The van der Waals surface area contributed by atoms with Crippen molar-refractivity contribution in [3.8, 4) is 0 Å². The lowest BCUT2D eigenvalue weighted by atomic mass is 9.92. The average Bonchev–Trinajstić information content (AvgIpc) is 4.49. The first-order chi connectivity index (χ1) is 40.7. The fraction of sp³-hybridized carbons (Fsp3) is 0.610. The topological polar surface area (TPSA) is 295 Å². The van der Waals surface area contributed by atoms with Crippen LogP contribution in [0.15, 0.2) is 59.5 Å². The molecule has 2 aromatic rings. The number of nitrogens with zero attached hydrogens (tertiary/aromatic N) is 6. The molecule has 9 atom stereocenters. The Bertz CT molecular complexity index is 2680. The van der Waals surface area contributed by atoms with Gasteiger partial charge in [-0.3, -0.25) is 57.7 Å². The Labute approximate surface area is 511 Å². The first-order valence-corrected chi connectivity index (χ1v) is 32.4. The monoisotopic (exact) mass is 1230 g/mol. The minimum atomic E-state index is -1.20. The van der Waals surface area contributed by atoms with Gasteiger partial charge in [0.05, 0.1) is 6.04 Å². The third kappa shape index (κ3) is 19.8. The number of carbonyl (C=O) groups is 10. The SMILES string of the molecule is CC[C@H](C)[C@H](NC(=O)C1CCCCN1C)C(=O)N(C)[C@H](C[C@@H](OC(C)=O)c1nc(C(=O)N[C@@H](CSC2NC=CS2)C(=O)N[C@H](CCCCN)C(=O)N[C@@H](Cc2ccccc2)C(=O)N2CCN(C(=O)CCCN3C(=O)C=CC3=O)CC2)cs1)C(C)C. The molecule has 0 radical (unpaired) electrons. The number of piperidine rings is 1. The molecule has 2 unspecified atom stereocenters. The molecule has 466 valence electrons. The van der Waals surface area contributed by atoms with E-state index in [2.05, 4.69) is 31.6 Å². The minimum absolute atomic E-state index is 0.0527. The maximum absolute atomic E-state index is 14.6. The van der Waals surface area contributed by atoms with E-state index in [4.69, 9.17) is 10.5 Å². The van der Waals surface area contributed by atoms with Crippen LogP contribution in [0, 0.1) is 11.8 Å². The van der Waals surface area contributed by atoms with Gasteiger partial charge in [0.1, 0.15) is 39.6 Å². The van der Waals surface area contributed by atoms with Crippen LogP contribution in [0.3, 0.4) is 0 Å². The van der Waals surface area contributed by atoms with Gasteiger partial charge in [-0.15, -0.1) is 23.1 Å². The zero-order valence-electron chi connectivity index (χ0n) is 50.0. The Kier molecular flexibility index (Phi) is 26.7. The number of ether oxygens (including phenoxy) is 1. The van der Waals surface area contributed by atoms with E-state index in [-0.39, 0.29) is 116 Å². The lowest BCUT2D eigenvalue weighted by Crippen LogP contribution is -2.59. The van der Waals surface area contributed by atoms with Crippen LogP contribution in [0.4, 0.5) is 0 Å². The van der Waals surface area contributed by atoms with Crippen molar-refractivity contribution in [2.24, 2.45) is 17.6 Å². The van der Waals surface area contributed by atoms with Crippen LogP contribution >= 0.6 is 34.9 Å². The normalized spacial score (nSPS) is 19.5. The molecule has 1 aromatic carbocycles. The summed E-state index contributed by atoms with van der Waals surface area (Å²) in [6, 6.07) is 4.13. The molecule has 26 heteroatoms.